The molecule has 1 saturated heterocycles. The van der Waals surface area contributed by atoms with E-state index < -0.39 is 23.5 Å². The third kappa shape index (κ3) is 4.77. The molecule has 110 valence electrons. The molecule has 1 amide bonds. The Morgan fingerprint density at radius 3 is 2.63 bits per heavy atom. The van der Waals surface area contributed by atoms with Crippen LogP contribution in [0.1, 0.15) is 25.7 Å². The molecule has 4 N–H and O–H groups in total. The van der Waals surface area contributed by atoms with Crippen molar-refractivity contribution in [3.63, 3.8) is 0 Å². The molecule has 19 heavy (non-hydrogen) atoms. The number of carbonyl (C=O) groups excluding carboxylic acids is 1. The molecule has 1 unspecified atom stereocenters. The van der Waals surface area contributed by atoms with Crippen molar-refractivity contribution in [1.82, 2.24) is 5.32 Å². The summed E-state index contributed by atoms with van der Waals surface area (Å²) >= 11 is 0. The molecule has 1 rings (SSSR count). The number of nitrogens with one attached hydrogen (secondary N) is 1. The molecular formula is C12H22N2O5. The molecule has 0 aromatic carbocycles. The Labute approximate surface area is 112 Å². The molecule has 0 aromatic rings. The first-order valence-corrected chi connectivity index (χ1v) is 6.39. The van der Waals surface area contributed by atoms with Crippen molar-refractivity contribution in [3.05, 3.63) is 0 Å². The summed E-state index contributed by atoms with van der Waals surface area (Å²) < 4.78 is 10.0. The summed E-state index contributed by atoms with van der Waals surface area (Å²) in [5, 5.41) is 11.6. The van der Waals surface area contributed by atoms with E-state index in [1.807, 2.05) is 0 Å². The molecule has 0 radical (unpaired) electrons. The fraction of sp³-hybridized carbons (Fsp3) is 0.833. The number of aliphatic carboxylic acids is 1. The van der Waals surface area contributed by atoms with Gasteiger partial charge in [-0.15, -0.1) is 0 Å². The molecular weight excluding hydrogens is 252 g/mol. The Balaban J connectivity index is 2.52. The summed E-state index contributed by atoms with van der Waals surface area (Å²) in [5.74, 6) is -1.47. The first-order valence-electron chi connectivity index (χ1n) is 6.39. The SMILES string of the molecule is COCCCC(NC(=O)C1(N)CCOCC1)C(=O)O. The summed E-state index contributed by atoms with van der Waals surface area (Å²) in [6.07, 6.45) is 1.70. The van der Waals surface area contributed by atoms with E-state index in [4.69, 9.17) is 20.3 Å². The fourth-order valence-corrected chi connectivity index (χ4v) is 1.95. The zero-order valence-electron chi connectivity index (χ0n) is 11.2. The van der Waals surface area contributed by atoms with Crippen LogP contribution in [0, 0.1) is 0 Å². The second-order valence-electron chi connectivity index (χ2n) is 4.77. The van der Waals surface area contributed by atoms with Crippen LogP contribution in [0.25, 0.3) is 0 Å². The predicted octanol–water partition coefficient (Wildman–Crippen LogP) is -0.510. The number of nitrogens with two attached hydrogens (primary N) is 1. The highest BCUT2D eigenvalue weighted by atomic mass is 16.5. The molecule has 1 fully saturated rings. The summed E-state index contributed by atoms with van der Waals surface area (Å²) in [6, 6.07) is -0.925. The maximum atomic E-state index is 12.1. The van der Waals surface area contributed by atoms with Crippen molar-refractivity contribution in [2.75, 3.05) is 26.9 Å². The maximum absolute atomic E-state index is 12.1. The molecule has 1 aliphatic heterocycles. The van der Waals surface area contributed by atoms with E-state index in [-0.39, 0.29) is 0 Å². The van der Waals surface area contributed by atoms with E-state index in [1.165, 1.54) is 0 Å². The summed E-state index contributed by atoms with van der Waals surface area (Å²) in [4.78, 5) is 23.2. The van der Waals surface area contributed by atoms with E-state index in [9.17, 15) is 9.59 Å². The zero-order valence-corrected chi connectivity index (χ0v) is 11.2. The Kier molecular flexibility index (Phi) is 6.20. The zero-order chi connectivity index (χ0) is 14.3. The van der Waals surface area contributed by atoms with Crippen LogP contribution in [-0.2, 0) is 19.1 Å². The van der Waals surface area contributed by atoms with Crippen LogP contribution in [0.3, 0.4) is 0 Å². The highest BCUT2D eigenvalue weighted by molar-refractivity contribution is 5.90. The topological polar surface area (TPSA) is 111 Å². The average molecular weight is 274 g/mol. The maximum Gasteiger partial charge on any atom is 0.326 e. The van der Waals surface area contributed by atoms with Crippen LogP contribution in [0.5, 0.6) is 0 Å². The van der Waals surface area contributed by atoms with E-state index in [0.717, 1.165) is 0 Å². The Bertz CT molecular complexity index is 315. The van der Waals surface area contributed by atoms with Gasteiger partial charge in [0.25, 0.3) is 0 Å². The van der Waals surface area contributed by atoms with Crippen molar-refractivity contribution in [3.8, 4) is 0 Å². The lowest BCUT2D eigenvalue weighted by molar-refractivity contribution is -0.143. The number of hydrogen-bond donors (Lipinski definition) is 3. The first kappa shape index (κ1) is 15.9. The van der Waals surface area contributed by atoms with Gasteiger partial charge in [-0.3, -0.25) is 4.79 Å². The lowest BCUT2D eigenvalue weighted by atomic mass is 9.90. The van der Waals surface area contributed by atoms with Gasteiger partial charge in [0.2, 0.25) is 5.91 Å². The number of ether oxygens (including phenoxy) is 2. The standard InChI is InChI=1S/C12H22N2O5/c1-18-6-2-3-9(10(15)16)14-11(17)12(13)4-7-19-8-5-12/h9H,2-8,13H2,1H3,(H,14,17)(H,15,16). The van der Waals surface area contributed by atoms with Gasteiger partial charge in [0.05, 0.1) is 5.54 Å². The van der Waals surface area contributed by atoms with Gasteiger partial charge in [-0.2, -0.15) is 0 Å². The first-order chi connectivity index (χ1) is 8.99. The smallest absolute Gasteiger partial charge is 0.326 e. The lowest BCUT2D eigenvalue weighted by Crippen LogP contribution is -2.59. The number of carboxylic acids is 1. The quantitative estimate of drug-likeness (QED) is 0.539. The minimum absolute atomic E-state index is 0.321. The Morgan fingerprint density at radius 1 is 1.47 bits per heavy atom. The van der Waals surface area contributed by atoms with Gasteiger partial charge in [-0.1, -0.05) is 0 Å². The Hall–Kier alpha value is -1.18. The number of rotatable bonds is 7. The summed E-state index contributed by atoms with van der Waals surface area (Å²) in [7, 11) is 1.55. The number of hydrogen-bond acceptors (Lipinski definition) is 5. The predicted molar refractivity (Wildman–Crippen MR) is 67.6 cm³/mol. The van der Waals surface area contributed by atoms with E-state index in [0.29, 0.717) is 45.5 Å². The van der Waals surface area contributed by atoms with E-state index in [2.05, 4.69) is 5.32 Å². The van der Waals surface area contributed by atoms with Gasteiger partial charge < -0.3 is 25.6 Å². The minimum Gasteiger partial charge on any atom is -0.480 e. The minimum atomic E-state index is -1.06. The molecule has 0 aliphatic carbocycles. The second kappa shape index (κ2) is 7.42. The lowest BCUT2D eigenvalue weighted by Gasteiger charge is -2.32. The molecule has 0 saturated carbocycles. The van der Waals surface area contributed by atoms with Crippen LogP contribution in [-0.4, -0.2) is 55.5 Å². The highest BCUT2D eigenvalue weighted by Gasteiger charge is 2.37. The normalized spacial score (nSPS) is 19.7. The molecule has 7 heteroatoms. The molecule has 0 bridgehead atoms. The largest absolute Gasteiger partial charge is 0.480 e. The van der Waals surface area contributed by atoms with Crippen molar-refractivity contribution in [2.24, 2.45) is 5.73 Å². The number of methoxy groups -OCH3 is 1. The molecule has 1 heterocycles. The van der Waals surface area contributed by atoms with Gasteiger partial charge in [-0.05, 0) is 25.7 Å². The average Bonchev–Trinajstić information content (AvgIpc) is 2.38. The van der Waals surface area contributed by atoms with Crippen molar-refractivity contribution in [2.45, 2.75) is 37.3 Å². The fourth-order valence-electron chi connectivity index (χ4n) is 1.95. The molecule has 1 atom stereocenters. The van der Waals surface area contributed by atoms with E-state index in [1.54, 1.807) is 7.11 Å². The van der Waals surface area contributed by atoms with E-state index >= 15 is 0 Å². The van der Waals surface area contributed by atoms with Crippen LogP contribution in [0.2, 0.25) is 0 Å². The molecule has 7 nitrogen and oxygen atoms in total. The van der Waals surface area contributed by atoms with Gasteiger partial charge in [0, 0.05) is 26.9 Å². The van der Waals surface area contributed by atoms with Gasteiger partial charge in [-0.25, -0.2) is 4.79 Å². The summed E-state index contributed by atoms with van der Waals surface area (Å²) in [6.45, 7) is 1.30. The summed E-state index contributed by atoms with van der Waals surface area (Å²) in [5.41, 5.74) is 4.98. The molecule has 0 aromatic heterocycles. The number of carbonyl (C=O) groups is 2. The van der Waals surface area contributed by atoms with Crippen molar-refractivity contribution < 1.29 is 24.2 Å². The van der Waals surface area contributed by atoms with Crippen molar-refractivity contribution >= 4 is 11.9 Å². The van der Waals surface area contributed by atoms with Crippen molar-refractivity contribution in [1.29, 1.82) is 0 Å². The van der Waals surface area contributed by atoms with Gasteiger partial charge >= 0.3 is 5.97 Å². The Morgan fingerprint density at radius 2 is 2.11 bits per heavy atom. The van der Waals surface area contributed by atoms with Crippen LogP contribution >= 0.6 is 0 Å². The highest BCUT2D eigenvalue weighted by Crippen LogP contribution is 2.18. The van der Waals surface area contributed by atoms with Gasteiger partial charge in [0.1, 0.15) is 6.04 Å². The van der Waals surface area contributed by atoms with Crippen LogP contribution < -0.4 is 11.1 Å². The number of amides is 1. The third-order valence-corrected chi connectivity index (χ3v) is 3.28. The molecule has 0 spiro atoms. The monoisotopic (exact) mass is 274 g/mol. The molecule has 1 aliphatic rings. The van der Waals surface area contributed by atoms with Crippen LogP contribution in [0.15, 0.2) is 0 Å². The second-order valence-corrected chi connectivity index (χ2v) is 4.77. The van der Waals surface area contributed by atoms with Crippen LogP contribution in [0.4, 0.5) is 0 Å². The number of carboxylic acid groups (broad SMARTS) is 1. The third-order valence-electron chi connectivity index (χ3n) is 3.28. The van der Waals surface area contributed by atoms with Gasteiger partial charge in [0.15, 0.2) is 0 Å².